The van der Waals surface area contributed by atoms with Gasteiger partial charge >= 0.3 is 0 Å². The van der Waals surface area contributed by atoms with E-state index in [1.807, 2.05) is 6.07 Å². The third-order valence-electron chi connectivity index (χ3n) is 3.80. The van der Waals surface area contributed by atoms with Crippen molar-refractivity contribution in [3.63, 3.8) is 0 Å². The minimum Gasteiger partial charge on any atom is -0.356 e. The number of nitrogens with zero attached hydrogens (tertiary/aromatic N) is 3. The Morgan fingerprint density at radius 3 is 2.57 bits per heavy atom. The highest BCUT2D eigenvalue weighted by atomic mass is 32.2. The van der Waals surface area contributed by atoms with E-state index in [2.05, 4.69) is 15.5 Å². The molecule has 0 atom stereocenters. The lowest BCUT2D eigenvalue weighted by atomic mass is 10.2. The first-order chi connectivity index (χ1) is 13.3. The van der Waals surface area contributed by atoms with Gasteiger partial charge in [0.15, 0.2) is 4.34 Å². The number of hydrogen-bond donors (Lipinski definition) is 1. The van der Waals surface area contributed by atoms with Gasteiger partial charge in [-0.3, -0.25) is 0 Å². The molecule has 0 aliphatic rings. The van der Waals surface area contributed by atoms with Crippen LogP contribution in [-0.2, 0) is 22.3 Å². The van der Waals surface area contributed by atoms with Crippen molar-refractivity contribution in [2.45, 2.75) is 21.5 Å². The Labute approximate surface area is 171 Å². The average Bonchev–Trinajstić information content (AvgIpc) is 3.14. The molecule has 10 heteroatoms. The number of nitrogens with one attached hydrogen (secondary N) is 1. The number of anilines is 1. The second kappa shape index (κ2) is 8.99. The Morgan fingerprint density at radius 1 is 1.11 bits per heavy atom. The second-order valence-corrected chi connectivity index (χ2v) is 10.4. The lowest BCUT2D eigenvalue weighted by molar-refractivity contribution is 0.520. The van der Waals surface area contributed by atoms with E-state index in [1.165, 1.54) is 53.6 Å². The first-order valence-electron chi connectivity index (χ1n) is 8.31. The summed E-state index contributed by atoms with van der Waals surface area (Å²) < 4.78 is 39.4. The minimum atomic E-state index is -3.45. The molecular formula is C18H19FN4O2S3. The van der Waals surface area contributed by atoms with Crippen LogP contribution in [-0.4, -0.2) is 37.0 Å². The maximum Gasteiger partial charge on any atom is 0.242 e. The zero-order valence-corrected chi connectivity index (χ0v) is 17.7. The van der Waals surface area contributed by atoms with Crippen molar-refractivity contribution in [3.8, 4) is 0 Å². The number of hydrogen-bond acceptors (Lipinski definition) is 7. The molecule has 0 unspecified atom stereocenters. The van der Waals surface area contributed by atoms with Gasteiger partial charge in [0.25, 0.3) is 0 Å². The van der Waals surface area contributed by atoms with Crippen LogP contribution in [0, 0.1) is 5.82 Å². The zero-order chi connectivity index (χ0) is 20.1. The fraction of sp³-hybridized carbons (Fsp3) is 0.222. The third kappa shape index (κ3) is 5.28. The Bertz CT molecular complexity index is 1040. The van der Waals surface area contributed by atoms with Crippen molar-refractivity contribution in [2.24, 2.45) is 0 Å². The Morgan fingerprint density at radius 2 is 1.86 bits per heavy atom. The highest BCUT2D eigenvalue weighted by Gasteiger charge is 2.17. The summed E-state index contributed by atoms with van der Waals surface area (Å²) in [7, 11) is -0.425. The highest BCUT2D eigenvalue weighted by Crippen LogP contribution is 2.29. The van der Waals surface area contributed by atoms with E-state index in [9.17, 15) is 12.8 Å². The fourth-order valence-corrected chi connectivity index (χ4v) is 4.93. The lowest BCUT2D eigenvalue weighted by Crippen LogP contribution is -2.22. The van der Waals surface area contributed by atoms with E-state index >= 15 is 0 Å². The third-order valence-corrected chi connectivity index (χ3v) is 7.70. The van der Waals surface area contributed by atoms with E-state index in [0.29, 0.717) is 17.4 Å². The Hall–Kier alpha value is -2.01. The molecule has 0 spiro atoms. The maximum absolute atomic E-state index is 12.9. The van der Waals surface area contributed by atoms with Crippen LogP contribution in [0.4, 0.5) is 9.52 Å². The van der Waals surface area contributed by atoms with E-state index < -0.39 is 10.0 Å². The summed E-state index contributed by atoms with van der Waals surface area (Å²) in [4.78, 5) is 0.273. The maximum atomic E-state index is 12.9. The van der Waals surface area contributed by atoms with Gasteiger partial charge < -0.3 is 5.32 Å². The van der Waals surface area contributed by atoms with Gasteiger partial charge in [0.05, 0.1) is 4.90 Å². The predicted octanol–water partition coefficient (Wildman–Crippen LogP) is 3.83. The molecule has 1 heterocycles. The molecule has 0 saturated carbocycles. The minimum absolute atomic E-state index is 0.263. The molecule has 6 nitrogen and oxygen atoms in total. The molecule has 3 rings (SSSR count). The number of benzene rings is 2. The first-order valence-corrected chi connectivity index (χ1v) is 11.5. The molecular weight excluding hydrogens is 419 g/mol. The van der Waals surface area contributed by atoms with E-state index in [-0.39, 0.29) is 10.7 Å². The highest BCUT2D eigenvalue weighted by molar-refractivity contribution is 8.00. The van der Waals surface area contributed by atoms with Crippen LogP contribution in [0.2, 0.25) is 0 Å². The molecule has 28 heavy (non-hydrogen) atoms. The molecule has 0 radical (unpaired) electrons. The van der Waals surface area contributed by atoms with Crippen LogP contribution in [0.25, 0.3) is 0 Å². The van der Waals surface area contributed by atoms with Crippen molar-refractivity contribution in [1.82, 2.24) is 14.5 Å². The number of halogens is 1. The van der Waals surface area contributed by atoms with Gasteiger partial charge in [-0.05, 0) is 35.4 Å². The van der Waals surface area contributed by atoms with E-state index in [1.54, 1.807) is 30.3 Å². The summed E-state index contributed by atoms with van der Waals surface area (Å²) in [6.45, 7) is 0.532. The van der Waals surface area contributed by atoms with Crippen LogP contribution in [0.1, 0.15) is 11.1 Å². The van der Waals surface area contributed by atoms with Crippen LogP contribution in [0.15, 0.2) is 57.8 Å². The van der Waals surface area contributed by atoms with Crippen molar-refractivity contribution >= 4 is 38.3 Å². The number of rotatable bonds is 8. The fourth-order valence-electron chi connectivity index (χ4n) is 2.27. The van der Waals surface area contributed by atoms with Gasteiger partial charge in [0.1, 0.15) is 5.82 Å². The Kier molecular flexibility index (Phi) is 6.65. The largest absolute Gasteiger partial charge is 0.356 e. The average molecular weight is 439 g/mol. The van der Waals surface area contributed by atoms with Crippen molar-refractivity contribution < 1.29 is 12.8 Å². The van der Waals surface area contributed by atoms with Crippen molar-refractivity contribution in [1.29, 1.82) is 0 Å². The van der Waals surface area contributed by atoms with Crippen molar-refractivity contribution in [3.05, 3.63) is 65.5 Å². The van der Waals surface area contributed by atoms with Crippen LogP contribution in [0.3, 0.4) is 0 Å². The SMILES string of the molecule is CN(C)S(=O)(=O)c1cccc(CSc2nnc(NCc3ccc(F)cc3)s2)c1. The number of sulfonamides is 1. The molecule has 0 bridgehead atoms. The summed E-state index contributed by atoms with van der Waals surface area (Å²) in [5.74, 6) is 0.324. The van der Waals surface area contributed by atoms with Gasteiger partial charge in [-0.15, -0.1) is 10.2 Å². The molecule has 148 valence electrons. The smallest absolute Gasteiger partial charge is 0.242 e. The number of thioether (sulfide) groups is 1. The first kappa shape index (κ1) is 20.7. The topological polar surface area (TPSA) is 75.2 Å². The molecule has 0 aliphatic carbocycles. The van der Waals surface area contributed by atoms with Gasteiger partial charge in [-0.2, -0.15) is 0 Å². The second-order valence-electron chi connectivity index (χ2n) is 6.08. The van der Waals surface area contributed by atoms with Gasteiger partial charge in [0, 0.05) is 26.4 Å². The summed E-state index contributed by atoms with van der Waals surface area (Å²) in [6.07, 6.45) is 0. The van der Waals surface area contributed by atoms with E-state index in [4.69, 9.17) is 0 Å². The molecule has 2 aromatic carbocycles. The summed E-state index contributed by atoms with van der Waals surface area (Å²) in [6, 6.07) is 13.2. The molecule has 0 amide bonds. The molecule has 3 aromatic rings. The molecule has 0 saturated heterocycles. The van der Waals surface area contributed by atoms with Crippen LogP contribution < -0.4 is 5.32 Å². The normalized spacial score (nSPS) is 11.7. The molecule has 0 fully saturated rings. The number of aromatic nitrogens is 2. The van der Waals surface area contributed by atoms with E-state index in [0.717, 1.165) is 15.5 Å². The lowest BCUT2D eigenvalue weighted by Gasteiger charge is -2.12. The summed E-state index contributed by atoms with van der Waals surface area (Å²) >= 11 is 2.91. The molecule has 0 aliphatic heterocycles. The van der Waals surface area contributed by atoms with Crippen molar-refractivity contribution in [2.75, 3.05) is 19.4 Å². The molecule has 1 N–H and O–H groups in total. The summed E-state index contributed by atoms with van der Waals surface area (Å²) in [5, 5.41) is 12.1. The molecule has 1 aromatic heterocycles. The quantitative estimate of drug-likeness (QED) is 0.539. The van der Waals surface area contributed by atoms with Gasteiger partial charge in [-0.1, -0.05) is 47.4 Å². The van der Waals surface area contributed by atoms with Crippen LogP contribution in [0.5, 0.6) is 0 Å². The standard InChI is InChI=1S/C18H19FN4O2S3/c1-23(2)28(24,25)16-5-3-4-14(10-16)12-26-18-22-21-17(27-18)20-11-13-6-8-15(19)9-7-13/h3-10H,11-12H2,1-2H3,(H,20,21). The Balaban J connectivity index is 1.58. The van der Waals surface area contributed by atoms with Crippen LogP contribution >= 0.6 is 23.1 Å². The summed E-state index contributed by atoms with van der Waals surface area (Å²) in [5.41, 5.74) is 1.84. The monoisotopic (exact) mass is 438 g/mol. The van der Waals surface area contributed by atoms with Gasteiger partial charge in [0.2, 0.25) is 15.2 Å². The van der Waals surface area contributed by atoms with Gasteiger partial charge in [-0.25, -0.2) is 17.1 Å². The zero-order valence-electron chi connectivity index (χ0n) is 15.3. The predicted molar refractivity (Wildman–Crippen MR) is 111 cm³/mol.